The molecule has 0 bridgehead atoms. The van der Waals surface area contributed by atoms with E-state index in [1.54, 1.807) is 29.3 Å². The van der Waals surface area contributed by atoms with Crippen molar-refractivity contribution in [1.82, 2.24) is 14.5 Å². The van der Waals surface area contributed by atoms with Crippen molar-refractivity contribution in [2.45, 2.75) is 30.0 Å². The second-order valence-electron chi connectivity index (χ2n) is 6.13. The highest BCUT2D eigenvalue weighted by molar-refractivity contribution is 14.0. The molecule has 0 atom stereocenters. The van der Waals surface area contributed by atoms with Crippen molar-refractivity contribution in [3.05, 3.63) is 17.5 Å². The zero-order valence-corrected chi connectivity index (χ0v) is 20.0. The number of nitrogens with one attached hydrogen (secondary N) is 1. The van der Waals surface area contributed by atoms with Crippen LogP contribution in [0.5, 0.6) is 0 Å². The van der Waals surface area contributed by atoms with Gasteiger partial charge in [-0.3, -0.25) is 4.99 Å². The third-order valence-corrected chi connectivity index (χ3v) is 7.46. The van der Waals surface area contributed by atoms with Crippen molar-refractivity contribution in [3.8, 4) is 0 Å². The largest absolute Gasteiger partial charge is 0.450 e. The number of sulfonamides is 1. The molecule has 1 saturated heterocycles. The first-order valence-electron chi connectivity index (χ1n) is 8.82. The summed E-state index contributed by atoms with van der Waals surface area (Å²) in [6.07, 6.45) is 1.22. The summed E-state index contributed by atoms with van der Waals surface area (Å²) in [5.74, 6) is 0.284. The zero-order chi connectivity index (χ0) is 19.9. The highest BCUT2D eigenvalue weighted by atomic mass is 127. The molecule has 0 aliphatic carbocycles. The number of guanidine groups is 1. The molecule has 0 unspecified atom stereocenters. The Balaban J connectivity index is 0.00000392. The fourth-order valence-corrected chi connectivity index (χ4v) is 5.03. The van der Waals surface area contributed by atoms with Gasteiger partial charge in [-0.15, -0.1) is 35.3 Å². The van der Waals surface area contributed by atoms with Crippen LogP contribution in [0.4, 0.5) is 4.79 Å². The number of ether oxygens (including phenoxy) is 1. The van der Waals surface area contributed by atoms with E-state index in [1.165, 1.54) is 22.7 Å². The molecule has 1 aliphatic rings. The number of hydrogen-bond donors (Lipinski definition) is 2. The number of carbonyl (C=O) groups is 1. The monoisotopic (exact) mass is 545 g/mol. The van der Waals surface area contributed by atoms with Crippen LogP contribution in [0.1, 0.15) is 19.8 Å². The number of hydrogen-bond acceptors (Lipinski definition) is 6. The lowest BCUT2D eigenvalue weighted by Gasteiger charge is -2.31. The second-order valence-corrected chi connectivity index (χ2v) is 9.35. The lowest BCUT2D eigenvalue weighted by molar-refractivity contribution is 0.0963. The van der Waals surface area contributed by atoms with E-state index in [2.05, 4.69) is 10.3 Å². The zero-order valence-electron chi connectivity index (χ0n) is 16.0. The maximum absolute atomic E-state index is 12.3. The SMILES string of the molecule is CCOC(=O)N1CCC(NC(N)=NCCN(C)S(=O)(=O)c2cccs2)CC1.I. The molecule has 0 aromatic carbocycles. The van der Waals surface area contributed by atoms with Gasteiger partial charge in [-0.2, -0.15) is 4.31 Å². The van der Waals surface area contributed by atoms with Crippen LogP contribution in [0.25, 0.3) is 0 Å². The average molecular weight is 545 g/mol. The summed E-state index contributed by atoms with van der Waals surface area (Å²) in [7, 11) is -1.94. The Bertz CT molecular complexity index is 734. The molecule has 1 aliphatic heterocycles. The maximum Gasteiger partial charge on any atom is 0.409 e. The third kappa shape index (κ3) is 7.04. The van der Waals surface area contributed by atoms with Crippen molar-refractivity contribution in [2.75, 3.05) is 39.8 Å². The summed E-state index contributed by atoms with van der Waals surface area (Å²) in [5, 5.41) is 4.86. The fraction of sp³-hybridized carbons (Fsp3) is 0.625. The molecule has 1 fully saturated rings. The van der Waals surface area contributed by atoms with Crippen LogP contribution in [0, 0.1) is 0 Å². The molecule has 9 nitrogen and oxygen atoms in total. The van der Waals surface area contributed by atoms with Crippen molar-refractivity contribution >= 4 is 57.4 Å². The van der Waals surface area contributed by atoms with Crippen molar-refractivity contribution in [3.63, 3.8) is 0 Å². The smallest absolute Gasteiger partial charge is 0.409 e. The van der Waals surface area contributed by atoms with Crippen LogP contribution in [0.3, 0.4) is 0 Å². The summed E-state index contributed by atoms with van der Waals surface area (Å²) >= 11 is 1.19. The van der Waals surface area contributed by atoms with Crippen LogP contribution in [-0.2, 0) is 14.8 Å². The van der Waals surface area contributed by atoms with E-state index < -0.39 is 10.0 Å². The lowest BCUT2D eigenvalue weighted by Crippen LogP contribution is -2.48. The number of nitrogens with two attached hydrogens (primary N) is 1. The molecule has 0 radical (unpaired) electrons. The Morgan fingerprint density at radius 1 is 1.46 bits per heavy atom. The minimum atomic E-state index is -3.47. The minimum Gasteiger partial charge on any atom is -0.450 e. The fourth-order valence-electron chi connectivity index (χ4n) is 2.67. The van der Waals surface area contributed by atoms with Gasteiger partial charge in [-0.1, -0.05) is 6.07 Å². The number of nitrogens with zero attached hydrogens (tertiary/aromatic N) is 3. The first-order valence-corrected chi connectivity index (χ1v) is 11.1. The predicted octanol–water partition coefficient (Wildman–Crippen LogP) is 1.51. The van der Waals surface area contributed by atoms with Gasteiger partial charge in [0.05, 0.1) is 13.2 Å². The Hall–Kier alpha value is -1.12. The Labute approximate surface area is 187 Å². The van der Waals surface area contributed by atoms with Gasteiger partial charge in [-0.25, -0.2) is 13.2 Å². The van der Waals surface area contributed by atoms with Crippen LogP contribution in [0.15, 0.2) is 26.7 Å². The predicted molar refractivity (Wildman–Crippen MR) is 121 cm³/mol. The van der Waals surface area contributed by atoms with Gasteiger partial charge in [0.15, 0.2) is 5.96 Å². The number of amides is 1. The van der Waals surface area contributed by atoms with Crippen LogP contribution >= 0.6 is 35.3 Å². The standard InChI is InChI=1S/C16H27N5O4S2.HI/c1-3-25-16(22)21-9-6-13(7-10-21)19-15(17)18-8-11-20(2)27(23,24)14-5-4-12-26-14;/h4-5,12-13H,3,6-11H2,1-2H3,(H3,17,18,19);1H. The van der Waals surface area contributed by atoms with Crippen LogP contribution in [0.2, 0.25) is 0 Å². The molecule has 2 heterocycles. The van der Waals surface area contributed by atoms with Gasteiger partial charge in [0.25, 0.3) is 10.0 Å². The molecule has 1 aromatic heterocycles. The highest BCUT2D eigenvalue weighted by Crippen LogP contribution is 2.19. The molecular weight excluding hydrogens is 517 g/mol. The number of carbonyl (C=O) groups excluding carboxylic acids is 1. The van der Waals surface area contributed by atoms with Gasteiger partial charge in [0.1, 0.15) is 4.21 Å². The number of thiophene rings is 1. The molecule has 160 valence electrons. The summed E-state index contributed by atoms with van der Waals surface area (Å²) in [6.45, 7) is 3.86. The second kappa shape index (κ2) is 11.8. The molecule has 12 heteroatoms. The van der Waals surface area contributed by atoms with E-state index in [-0.39, 0.29) is 55.2 Å². The number of rotatable bonds is 7. The normalized spacial score (nSPS) is 16.0. The van der Waals surface area contributed by atoms with Gasteiger partial charge < -0.3 is 20.7 Å². The van der Waals surface area contributed by atoms with E-state index in [1.807, 2.05) is 0 Å². The Morgan fingerprint density at radius 3 is 2.71 bits per heavy atom. The topological polar surface area (TPSA) is 117 Å². The first kappa shape index (κ1) is 24.9. The summed E-state index contributed by atoms with van der Waals surface area (Å²) < 4.78 is 31.2. The molecule has 3 N–H and O–H groups in total. The highest BCUT2D eigenvalue weighted by Gasteiger charge is 2.24. The molecule has 1 aromatic rings. The number of likely N-dealkylation sites (tertiary alicyclic amines) is 1. The van der Waals surface area contributed by atoms with E-state index in [4.69, 9.17) is 10.5 Å². The van der Waals surface area contributed by atoms with E-state index in [0.717, 1.165) is 12.8 Å². The molecule has 0 saturated carbocycles. The van der Waals surface area contributed by atoms with Gasteiger partial charge in [-0.05, 0) is 31.2 Å². The number of halogens is 1. The van der Waals surface area contributed by atoms with Crippen LogP contribution < -0.4 is 11.1 Å². The maximum atomic E-state index is 12.3. The number of likely N-dealkylation sites (N-methyl/N-ethyl adjacent to an activating group) is 1. The Morgan fingerprint density at radius 2 is 2.14 bits per heavy atom. The van der Waals surface area contributed by atoms with Gasteiger partial charge in [0.2, 0.25) is 0 Å². The molecular formula is C16H28IN5O4S2. The summed E-state index contributed by atoms with van der Waals surface area (Å²) in [4.78, 5) is 17.6. The van der Waals surface area contributed by atoms with Crippen LogP contribution in [-0.4, -0.2) is 75.6 Å². The molecule has 2 rings (SSSR count). The number of aliphatic imine (C=N–C) groups is 1. The Kier molecular flexibility index (Phi) is 10.5. The number of piperidine rings is 1. The van der Waals surface area contributed by atoms with Crippen molar-refractivity contribution in [2.24, 2.45) is 10.7 Å². The summed E-state index contributed by atoms with van der Waals surface area (Å²) in [6, 6.07) is 3.42. The lowest BCUT2D eigenvalue weighted by atomic mass is 10.1. The van der Waals surface area contributed by atoms with Crippen molar-refractivity contribution < 1.29 is 17.9 Å². The minimum absolute atomic E-state index is 0. The van der Waals surface area contributed by atoms with Gasteiger partial charge >= 0.3 is 6.09 Å². The van der Waals surface area contributed by atoms with E-state index in [0.29, 0.717) is 23.9 Å². The average Bonchev–Trinajstić information content (AvgIpc) is 3.18. The molecule has 1 amide bonds. The first-order chi connectivity index (χ1) is 12.8. The molecule has 28 heavy (non-hydrogen) atoms. The van der Waals surface area contributed by atoms with E-state index >= 15 is 0 Å². The quantitative estimate of drug-likeness (QED) is 0.305. The summed E-state index contributed by atoms with van der Waals surface area (Å²) in [5.41, 5.74) is 5.90. The van der Waals surface area contributed by atoms with Gasteiger partial charge in [0, 0.05) is 32.7 Å². The van der Waals surface area contributed by atoms with E-state index in [9.17, 15) is 13.2 Å². The molecule has 0 spiro atoms. The van der Waals surface area contributed by atoms with Crippen molar-refractivity contribution in [1.29, 1.82) is 0 Å². The third-order valence-electron chi connectivity index (χ3n) is 4.23.